The second-order valence-corrected chi connectivity index (χ2v) is 8.19. The molecule has 1 fully saturated rings. The van der Waals surface area contributed by atoms with Crippen molar-refractivity contribution in [1.82, 2.24) is 20.5 Å². The van der Waals surface area contributed by atoms with Gasteiger partial charge in [-0.2, -0.15) is 0 Å². The number of benzene rings is 1. The normalized spacial score (nSPS) is 19.6. The zero-order valence-corrected chi connectivity index (χ0v) is 18.6. The fourth-order valence-corrected chi connectivity index (χ4v) is 4.40. The number of ether oxygens (including phenoxy) is 2. The number of fused-ring (bicyclic) bond motifs is 2. The van der Waals surface area contributed by atoms with Crippen LogP contribution in [0.25, 0.3) is 11.1 Å². The molecule has 0 aliphatic carbocycles. The van der Waals surface area contributed by atoms with E-state index < -0.39 is 17.5 Å². The van der Waals surface area contributed by atoms with Gasteiger partial charge in [-0.3, -0.25) is 14.9 Å². The minimum Gasteiger partial charge on any atom is -0.493 e. The largest absolute Gasteiger partial charge is 0.493 e. The minimum atomic E-state index is -1.60. The number of methoxy groups -OCH3 is 2. The smallest absolute Gasteiger partial charge is 0.322 e. The van der Waals surface area contributed by atoms with E-state index in [1.54, 1.807) is 18.2 Å². The molecule has 4 amide bonds. The number of furan rings is 1. The van der Waals surface area contributed by atoms with Crippen LogP contribution < -0.4 is 20.1 Å². The molecule has 2 aliphatic heterocycles. The molecule has 1 saturated heterocycles. The molecule has 1 atom stereocenters. The molecular weight excluding hydrogens is 428 g/mol. The van der Waals surface area contributed by atoms with Gasteiger partial charge in [0.15, 0.2) is 22.6 Å². The first-order chi connectivity index (χ1) is 15.8. The summed E-state index contributed by atoms with van der Waals surface area (Å²) in [5.74, 6) is 0.0208. The molecule has 1 unspecified atom stereocenters. The van der Waals surface area contributed by atoms with Crippen molar-refractivity contribution < 1.29 is 28.3 Å². The fraction of sp³-hybridized carbons (Fsp3) is 0.304. The van der Waals surface area contributed by atoms with Crippen molar-refractivity contribution in [1.29, 1.82) is 0 Å². The van der Waals surface area contributed by atoms with Crippen LogP contribution in [-0.2, 0) is 16.9 Å². The van der Waals surface area contributed by atoms with Gasteiger partial charge in [0, 0.05) is 18.3 Å². The molecule has 3 aromatic rings. The zero-order valence-electron chi connectivity index (χ0n) is 18.6. The Balaban J connectivity index is 1.57. The molecule has 5 rings (SSSR count). The van der Waals surface area contributed by atoms with E-state index >= 15 is 0 Å². The molecule has 33 heavy (non-hydrogen) atoms. The third-order valence-corrected chi connectivity index (χ3v) is 6.23. The zero-order chi connectivity index (χ0) is 23.5. The fourth-order valence-electron chi connectivity index (χ4n) is 4.40. The summed E-state index contributed by atoms with van der Waals surface area (Å²) in [5.41, 5.74) is 2.31. The molecule has 0 spiro atoms. The van der Waals surface area contributed by atoms with Crippen molar-refractivity contribution in [3.8, 4) is 11.5 Å². The van der Waals surface area contributed by atoms with E-state index in [0.717, 1.165) is 16.8 Å². The van der Waals surface area contributed by atoms with Gasteiger partial charge in [-0.25, -0.2) is 9.78 Å². The van der Waals surface area contributed by atoms with Gasteiger partial charge in [-0.15, -0.1) is 0 Å². The van der Waals surface area contributed by atoms with Crippen LogP contribution in [0.15, 0.2) is 28.7 Å². The lowest BCUT2D eigenvalue weighted by Crippen LogP contribution is -2.52. The van der Waals surface area contributed by atoms with Gasteiger partial charge in [-0.1, -0.05) is 6.07 Å². The first-order valence-electron chi connectivity index (χ1n) is 10.3. The summed E-state index contributed by atoms with van der Waals surface area (Å²) in [5, 5.41) is 4.95. The van der Waals surface area contributed by atoms with Gasteiger partial charge >= 0.3 is 6.03 Å². The summed E-state index contributed by atoms with van der Waals surface area (Å²) in [6.07, 6.45) is 0. The summed E-state index contributed by atoms with van der Waals surface area (Å²) in [4.78, 5) is 44.6. The van der Waals surface area contributed by atoms with Crippen LogP contribution in [0, 0.1) is 13.8 Å². The van der Waals surface area contributed by atoms with Crippen molar-refractivity contribution in [2.75, 3.05) is 20.8 Å². The summed E-state index contributed by atoms with van der Waals surface area (Å²) >= 11 is 0. The average Bonchev–Trinajstić information content (AvgIpc) is 3.42. The van der Waals surface area contributed by atoms with Gasteiger partial charge in [0.25, 0.3) is 11.8 Å². The first-order valence-corrected chi connectivity index (χ1v) is 10.3. The number of hydrogen-bond donors (Lipinski definition) is 2. The lowest BCUT2D eigenvalue weighted by molar-refractivity contribution is -0.125. The summed E-state index contributed by atoms with van der Waals surface area (Å²) < 4.78 is 16.7. The number of pyridine rings is 1. The number of urea groups is 1. The third-order valence-electron chi connectivity index (χ3n) is 6.23. The van der Waals surface area contributed by atoms with Gasteiger partial charge in [-0.05, 0) is 37.1 Å². The van der Waals surface area contributed by atoms with Crippen LogP contribution in [0.4, 0.5) is 4.79 Å². The number of carbonyl (C=O) groups excluding carboxylic acids is 3. The minimum absolute atomic E-state index is 0.138. The number of imide groups is 1. The van der Waals surface area contributed by atoms with Crippen LogP contribution in [0.5, 0.6) is 11.5 Å². The highest BCUT2D eigenvalue weighted by Crippen LogP contribution is 2.40. The number of amides is 4. The van der Waals surface area contributed by atoms with Crippen LogP contribution in [0.3, 0.4) is 0 Å². The van der Waals surface area contributed by atoms with E-state index in [-0.39, 0.29) is 24.8 Å². The standard InChI is InChI=1S/C23H22N4O6/c1-11-7-16-14(24-12(11)2)8-17(33-16)23(21(29)25-22(30)26-23)10-27-9-13-5-6-15(31-3)19(32-4)18(13)20(27)28/h5-8H,9-10H2,1-4H3,(H2,25,26,29,30). The predicted octanol–water partition coefficient (Wildman–Crippen LogP) is 2.15. The molecule has 0 radical (unpaired) electrons. The molecule has 4 heterocycles. The Morgan fingerprint density at radius 3 is 2.61 bits per heavy atom. The molecule has 2 aromatic heterocycles. The molecule has 10 heteroatoms. The van der Waals surface area contributed by atoms with Crippen molar-refractivity contribution in [3.05, 3.63) is 52.4 Å². The molecule has 2 N–H and O–H groups in total. The highest BCUT2D eigenvalue weighted by Gasteiger charge is 2.53. The summed E-state index contributed by atoms with van der Waals surface area (Å²) in [6.45, 7) is 3.88. The molecule has 0 saturated carbocycles. The maximum Gasteiger partial charge on any atom is 0.322 e. The number of nitrogens with zero attached hydrogens (tertiary/aromatic N) is 2. The Hall–Kier alpha value is -4.08. The number of rotatable bonds is 5. The molecule has 1 aromatic carbocycles. The van der Waals surface area contributed by atoms with E-state index in [1.165, 1.54) is 19.1 Å². The number of aromatic nitrogens is 1. The van der Waals surface area contributed by atoms with Crippen molar-refractivity contribution in [3.63, 3.8) is 0 Å². The molecule has 10 nitrogen and oxygen atoms in total. The maximum absolute atomic E-state index is 13.4. The molecular formula is C23H22N4O6. The number of aryl methyl sites for hydroxylation is 2. The van der Waals surface area contributed by atoms with Crippen LogP contribution in [0.2, 0.25) is 0 Å². The van der Waals surface area contributed by atoms with E-state index in [0.29, 0.717) is 28.2 Å². The highest BCUT2D eigenvalue weighted by atomic mass is 16.5. The lowest BCUT2D eigenvalue weighted by atomic mass is 9.95. The molecule has 0 bridgehead atoms. The summed E-state index contributed by atoms with van der Waals surface area (Å²) in [7, 11) is 2.96. The van der Waals surface area contributed by atoms with Gasteiger partial charge < -0.3 is 24.1 Å². The van der Waals surface area contributed by atoms with Crippen molar-refractivity contribution >= 4 is 28.9 Å². The predicted molar refractivity (Wildman–Crippen MR) is 116 cm³/mol. The maximum atomic E-state index is 13.4. The average molecular weight is 450 g/mol. The number of nitrogens with one attached hydrogen (secondary N) is 2. The van der Waals surface area contributed by atoms with E-state index in [4.69, 9.17) is 13.9 Å². The highest BCUT2D eigenvalue weighted by molar-refractivity contribution is 6.08. The second kappa shape index (κ2) is 7.22. The first kappa shape index (κ1) is 20.8. The van der Waals surface area contributed by atoms with E-state index in [9.17, 15) is 14.4 Å². The van der Waals surface area contributed by atoms with Crippen molar-refractivity contribution in [2.24, 2.45) is 0 Å². The lowest BCUT2D eigenvalue weighted by Gasteiger charge is -2.29. The van der Waals surface area contributed by atoms with Gasteiger partial charge in [0.05, 0.1) is 26.3 Å². The Kier molecular flexibility index (Phi) is 4.55. The number of carbonyl (C=O) groups is 3. The Morgan fingerprint density at radius 1 is 1.15 bits per heavy atom. The topological polar surface area (TPSA) is 123 Å². The SMILES string of the molecule is COc1ccc2c(c1OC)C(=O)N(CC1(c3cc4nc(C)c(C)cc4o3)NC(=O)NC1=O)C2. The van der Waals surface area contributed by atoms with Gasteiger partial charge in [0.2, 0.25) is 0 Å². The Bertz CT molecular complexity index is 1310. The quantitative estimate of drug-likeness (QED) is 0.571. The van der Waals surface area contributed by atoms with Crippen molar-refractivity contribution in [2.45, 2.75) is 25.9 Å². The second-order valence-electron chi connectivity index (χ2n) is 8.19. The number of hydrogen-bond acceptors (Lipinski definition) is 7. The van der Waals surface area contributed by atoms with Gasteiger partial charge in [0.1, 0.15) is 11.3 Å². The Morgan fingerprint density at radius 2 is 1.94 bits per heavy atom. The van der Waals surface area contributed by atoms with Crippen LogP contribution in [0.1, 0.15) is 32.9 Å². The van der Waals surface area contributed by atoms with Crippen LogP contribution >= 0.6 is 0 Å². The van der Waals surface area contributed by atoms with E-state index in [1.807, 2.05) is 19.9 Å². The van der Waals surface area contributed by atoms with E-state index in [2.05, 4.69) is 15.6 Å². The monoisotopic (exact) mass is 450 g/mol. The molecule has 170 valence electrons. The molecule has 2 aliphatic rings. The summed E-state index contributed by atoms with van der Waals surface area (Å²) in [6, 6.07) is 6.31. The van der Waals surface area contributed by atoms with Crippen LogP contribution in [-0.4, -0.2) is 48.5 Å². The third kappa shape index (κ3) is 3.01. The Labute approximate surface area is 188 Å².